The van der Waals surface area contributed by atoms with E-state index >= 15 is 0 Å². The largest absolute Gasteiger partial charge is 0.466 e. The monoisotopic (exact) mass is 326 g/mol. The van der Waals surface area contributed by atoms with Crippen molar-refractivity contribution in [3.05, 3.63) is 35.9 Å². The molecule has 0 aliphatic carbocycles. The van der Waals surface area contributed by atoms with E-state index in [4.69, 9.17) is 9.84 Å². The Hall–Kier alpha value is -1.04. The molecule has 0 fully saturated rings. The van der Waals surface area contributed by atoms with Gasteiger partial charge in [0, 0.05) is 11.5 Å². The lowest BCUT2D eigenvalue weighted by Crippen LogP contribution is -2.23. The molecule has 22 heavy (non-hydrogen) atoms. The van der Waals surface area contributed by atoms with Gasteiger partial charge in [-0.1, -0.05) is 37.3 Å². The lowest BCUT2D eigenvalue weighted by molar-refractivity contribution is -0.147. The van der Waals surface area contributed by atoms with E-state index in [1.807, 2.05) is 18.2 Å². The van der Waals surface area contributed by atoms with E-state index in [1.165, 1.54) is 17.3 Å². The van der Waals surface area contributed by atoms with E-state index in [0.29, 0.717) is 24.5 Å². The molecular weight excluding hydrogens is 300 g/mol. The Morgan fingerprint density at radius 3 is 2.55 bits per heavy atom. The Kier molecular flexibility index (Phi) is 9.20. The molecule has 1 aromatic rings. The van der Waals surface area contributed by atoms with E-state index in [-0.39, 0.29) is 24.4 Å². The van der Waals surface area contributed by atoms with Gasteiger partial charge >= 0.3 is 5.97 Å². The molecule has 0 bridgehead atoms. The zero-order valence-corrected chi connectivity index (χ0v) is 14.1. The van der Waals surface area contributed by atoms with Crippen molar-refractivity contribution in [1.82, 2.24) is 0 Å². The fourth-order valence-corrected chi connectivity index (χ4v) is 3.31. The number of thioether (sulfide) groups is 1. The third-order valence-corrected chi connectivity index (χ3v) is 4.73. The minimum Gasteiger partial charge on any atom is -0.466 e. The average Bonchev–Trinajstić information content (AvgIpc) is 2.54. The van der Waals surface area contributed by atoms with E-state index in [2.05, 4.69) is 19.1 Å². The predicted molar refractivity (Wildman–Crippen MR) is 90.0 cm³/mol. The summed E-state index contributed by atoms with van der Waals surface area (Å²) in [5.41, 5.74) is 1.21. The van der Waals surface area contributed by atoms with Gasteiger partial charge in [-0.05, 0) is 24.8 Å². The van der Waals surface area contributed by atoms with Crippen molar-refractivity contribution in [2.75, 3.05) is 24.7 Å². The van der Waals surface area contributed by atoms with Crippen LogP contribution in [0.3, 0.4) is 0 Å². The third kappa shape index (κ3) is 6.81. The van der Waals surface area contributed by atoms with Gasteiger partial charge < -0.3 is 14.9 Å². The van der Waals surface area contributed by atoms with Gasteiger partial charge in [-0.15, -0.1) is 0 Å². The molecule has 5 heteroatoms. The lowest BCUT2D eigenvalue weighted by atomic mass is 9.91. The minimum absolute atomic E-state index is 0.184. The van der Waals surface area contributed by atoms with E-state index in [1.54, 1.807) is 6.92 Å². The number of ether oxygens (including phenoxy) is 1. The summed E-state index contributed by atoms with van der Waals surface area (Å²) in [6.45, 7) is 4.03. The van der Waals surface area contributed by atoms with Crippen molar-refractivity contribution in [2.45, 2.75) is 32.3 Å². The van der Waals surface area contributed by atoms with Gasteiger partial charge in [0.2, 0.25) is 0 Å². The molecule has 3 atom stereocenters. The van der Waals surface area contributed by atoms with Gasteiger partial charge in [-0.3, -0.25) is 4.79 Å². The normalized spacial score (nSPS) is 15.1. The highest BCUT2D eigenvalue weighted by Crippen LogP contribution is 2.26. The van der Waals surface area contributed by atoms with Gasteiger partial charge in [0.05, 0.1) is 25.2 Å². The van der Waals surface area contributed by atoms with E-state index in [9.17, 15) is 9.90 Å². The summed E-state index contributed by atoms with van der Waals surface area (Å²) >= 11 is 1.47. The molecule has 0 aliphatic heterocycles. The van der Waals surface area contributed by atoms with Crippen LogP contribution in [0.15, 0.2) is 30.3 Å². The molecule has 124 valence electrons. The van der Waals surface area contributed by atoms with Gasteiger partial charge in [-0.25, -0.2) is 0 Å². The number of esters is 1. The Bertz CT molecular complexity index is 424. The van der Waals surface area contributed by atoms with E-state index < -0.39 is 6.10 Å². The molecule has 0 aliphatic rings. The van der Waals surface area contributed by atoms with Crippen LogP contribution >= 0.6 is 11.8 Å². The summed E-state index contributed by atoms with van der Waals surface area (Å²) < 4.78 is 5.16. The zero-order chi connectivity index (χ0) is 16.4. The Morgan fingerprint density at radius 1 is 1.27 bits per heavy atom. The number of carbonyl (C=O) groups is 1. The molecule has 4 nitrogen and oxygen atoms in total. The fourth-order valence-electron chi connectivity index (χ4n) is 2.24. The van der Waals surface area contributed by atoms with Crippen molar-refractivity contribution < 1.29 is 19.7 Å². The lowest BCUT2D eigenvalue weighted by Gasteiger charge is -2.20. The number of hydrogen-bond donors (Lipinski definition) is 2. The van der Waals surface area contributed by atoms with Crippen molar-refractivity contribution in [2.24, 2.45) is 5.92 Å². The van der Waals surface area contributed by atoms with E-state index in [0.717, 1.165) is 0 Å². The Morgan fingerprint density at radius 2 is 1.95 bits per heavy atom. The third-order valence-electron chi connectivity index (χ3n) is 3.47. The molecule has 0 radical (unpaired) electrons. The first-order valence-electron chi connectivity index (χ1n) is 7.66. The first-order valence-corrected chi connectivity index (χ1v) is 8.82. The topological polar surface area (TPSA) is 66.8 Å². The van der Waals surface area contributed by atoms with Crippen LogP contribution in [-0.2, 0) is 9.53 Å². The number of aliphatic hydroxyl groups is 2. The molecule has 0 saturated heterocycles. The van der Waals surface area contributed by atoms with Crippen LogP contribution in [0.5, 0.6) is 0 Å². The van der Waals surface area contributed by atoms with Crippen LogP contribution in [0.4, 0.5) is 0 Å². The molecule has 1 rings (SSSR count). The zero-order valence-electron chi connectivity index (χ0n) is 13.3. The number of rotatable bonds is 10. The smallest absolute Gasteiger partial charge is 0.309 e. The second kappa shape index (κ2) is 10.6. The summed E-state index contributed by atoms with van der Waals surface area (Å²) in [7, 11) is 0. The van der Waals surface area contributed by atoms with Gasteiger partial charge in [0.15, 0.2) is 0 Å². The highest BCUT2D eigenvalue weighted by molar-refractivity contribution is 7.99. The fraction of sp³-hybridized carbons (Fsp3) is 0.588. The molecule has 0 heterocycles. The van der Waals surface area contributed by atoms with Crippen LogP contribution < -0.4 is 0 Å². The number of benzene rings is 1. The first kappa shape index (κ1) is 19.0. The molecule has 0 saturated carbocycles. The average molecular weight is 326 g/mol. The summed E-state index contributed by atoms with van der Waals surface area (Å²) in [6.07, 6.45) is -0.0233. The summed E-state index contributed by atoms with van der Waals surface area (Å²) in [4.78, 5) is 12.1. The SMILES string of the molecule is CCOC(=O)C(CSCC(O)CO)CC(C)c1ccccc1. The van der Waals surface area contributed by atoms with Crippen LogP contribution in [0.2, 0.25) is 0 Å². The van der Waals surface area contributed by atoms with Crippen LogP contribution in [0, 0.1) is 5.92 Å². The number of carbonyl (C=O) groups excluding carboxylic acids is 1. The van der Waals surface area contributed by atoms with Gasteiger partial charge in [0.1, 0.15) is 0 Å². The first-order chi connectivity index (χ1) is 10.6. The summed E-state index contributed by atoms with van der Waals surface area (Å²) in [5.74, 6) is 0.889. The maximum atomic E-state index is 12.1. The highest BCUT2D eigenvalue weighted by Gasteiger charge is 2.23. The van der Waals surface area contributed by atoms with Gasteiger partial charge in [-0.2, -0.15) is 11.8 Å². The van der Waals surface area contributed by atoms with Gasteiger partial charge in [0.25, 0.3) is 0 Å². The molecular formula is C17H26O4S. The van der Waals surface area contributed by atoms with Crippen molar-refractivity contribution in [3.8, 4) is 0 Å². The minimum atomic E-state index is -0.737. The maximum Gasteiger partial charge on any atom is 0.309 e. The highest BCUT2D eigenvalue weighted by atomic mass is 32.2. The van der Waals surface area contributed by atoms with Crippen molar-refractivity contribution >= 4 is 17.7 Å². The molecule has 0 amide bonds. The number of aliphatic hydroxyl groups excluding tert-OH is 2. The van der Waals surface area contributed by atoms with Crippen LogP contribution in [0.1, 0.15) is 31.7 Å². The molecule has 0 aromatic heterocycles. The Balaban J connectivity index is 2.59. The summed E-state index contributed by atoms with van der Waals surface area (Å²) in [6, 6.07) is 10.1. The summed E-state index contributed by atoms with van der Waals surface area (Å²) in [5, 5.41) is 18.2. The quantitative estimate of drug-likeness (QED) is 0.647. The van der Waals surface area contributed by atoms with Crippen molar-refractivity contribution in [3.63, 3.8) is 0 Å². The standard InChI is InChI=1S/C17H26O4S/c1-3-21-17(20)15(11-22-12-16(19)10-18)9-13(2)14-7-5-4-6-8-14/h4-8,13,15-16,18-19H,3,9-12H2,1-2H3. The van der Waals surface area contributed by atoms with Crippen molar-refractivity contribution in [1.29, 1.82) is 0 Å². The maximum absolute atomic E-state index is 12.1. The Labute approximate surface area is 136 Å². The molecule has 1 aromatic carbocycles. The number of hydrogen-bond acceptors (Lipinski definition) is 5. The van der Waals surface area contributed by atoms with Crippen LogP contribution in [0.25, 0.3) is 0 Å². The second-order valence-corrected chi connectivity index (χ2v) is 6.45. The molecule has 0 spiro atoms. The predicted octanol–water partition coefficient (Wildman–Crippen LogP) is 2.45. The molecule has 2 N–H and O–H groups in total. The molecule has 3 unspecified atom stereocenters. The van der Waals surface area contributed by atoms with Crippen LogP contribution in [-0.4, -0.2) is 47.0 Å². The second-order valence-electron chi connectivity index (χ2n) is 5.37.